The Balaban J connectivity index is 1.41. The first-order valence-corrected chi connectivity index (χ1v) is 9.84. The average molecular weight is 398 g/mol. The predicted molar refractivity (Wildman–Crippen MR) is 106 cm³/mol. The summed E-state index contributed by atoms with van der Waals surface area (Å²) in [6.45, 7) is 3.17. The summed E-state index contributed by atoms with van der Waals surface area (Å²) in [6, 6.07) is 9.70. The summed E-state index contributed by atoms with van der Waals surface area (Å²) >= 11 is 0. The highest BCUT2D eigenvalue weighted by molar-refractivity contribution is 5.82. The largest absolute Gasteiger partial charge is 0.458 e. The number of hydrogen-bond donors (Lipinski definition) is 1. The van der Waals surface area contributed by atoms with Gasteiger partial charge in [0.2, 0.25) is 5.91 Å². The monoisotopic (exact) mass is 398 g/mol. The fourth-order valence-electron chi connectivity index (χ4n) is 3.03. The van der Waals surface area contributed by atoms with Crippen LogP contribution >= 0.6 is 0 Å². The van der Waals surface area contributed by atoms with Crippen molar-refractivity contribution < 1.29 is 19.1 Å². The third-order valence-electron chi connectivity index (χ3n) is 4.69. The number of benzene rings is 1. The molecule has 0 spiro atoms. The number of aromatic nitrogens is 2. The summed E-state index contributed by atoms with van der Waals surface area (Å²) in [4.78, 5) is 34.3. The molecule has 1 aliphatic heterocycles. The van der Waals surface area contributed by atoms with E-state index in [-0.39, 0.29) is 25.2 Å². The van der Waals surface area contributed by atoms with Gasteiger partial charge in [-0.25, -0.2) is 14.8 Å². The maximum Gasteiger partial charge on any atom is 0.407 e. The number of nitrogens with one attached hydrogen (secondary N) is 1. The second kappa shape index (κ2) is 10.4. The summed E-state index contributed by atoms with van der Waals surface area (Å²) in [5, 5.41) is 2.51. The maximum atomic E-state index is 12.4. The summed E-state index contributed by atoms with van der Waals surface area (Å²) in [5.41, 5.74) is 1.93. The van der Waals surface area contributed by atoms with Crippen molar-refractivity contribution in [1.29, 1.82) is 0 Å². The third kappa shape index (κ3) is 6.44. The fraction of sp³-hybridized carbons (Fsp3) is 0.429. The van der Waals surface area contributed by atoms with E-state index in [2.05, 4.69) is 15.3 Å². The first-order chi connectivity index (χ1) is 14.1. The zero-order valence-electron chi connectivity index (χ0n) is 16.5. The van der Waals surface area contributed by atoms with Crippen molar-refractivity contribution in [1.82, 2.24) is 20.2 Å². The maximum absolute atomic E-state index is 12.4. The Morgan fingerprint density at radius 2 is 1.93 bits per heavy atom. The first-order valence-electron chi connectivity index (χ1n) is 9.84. The van der Waals surface area contributed by atoms with Crippen molar-refractivity contribution in [3.8, 4) is 6.01 Å². The standard InChI is InChI=1S/C21H26N4O4/c1-2-16-11-22-20(23-12-16)29-18-9-6-10-25(14-18)19(26)13-24-21(27)28-15-17-7-4-3-5-8-17/h3-5,7-8,11-12,18H,2,6,9-10,13-15H2,1H3,(H,24,27). The lowest BCUT2D eigenvalue weighted by Crippen LogP contribution is -2.48. The Labute approximate surface area is 170 Å². The highest BCUT2D eigenvalue weighted by Gasteiger charge is 2.25. The number of ether oxygens (including phenoxy) is 2. The second-order valence-corrected chi connectivity index (χ2v) is 6.86. The van der Waals surface area contributed by atoms with Crippen LogP contribution in [0.1, 0.15) is 30.9 Å². The van der Waals surface area contributed by atoms with E-state index in [9.17, 15) is 9.59 Å². The molecule has 154 valence electrons. The van der Waals surface area contributed by atoms with Gasteiger partial charge in [-0.2, -0.15) is 0 Å². The topological polar surface area (TPSA) is 93.7 Å². The van der Waals surface area contributed by atoms with Gasteiger partial charge in [0.25, 0.3) is 0 Å². The zero-order chi connectivity index (χ0) is 20.5. The van der Waals surface area contributed by atoms with Crippen LogP contribution in [0.15, 0.2) is 42.7 Å². The Bertz CT molecular complexity index is 798. The Morgan fingerprint density at radius 1 is 1.17 bits per heavy atom. The van der Waals surface area contributed by atoms with Crippen LogP contribution in [-0.2, 0) is 22.6 Å². The van der Waals surface area contributed by atoms with E-state index >= 15 is 0 Å². The number of amides is 2. The van der Waals surface area contributed by atoms with Gasteiger partial charge < -0.3 is 19.7 Å². The van der Waals surface area contributed by atoms with Gasteiger partial charge in [0.1, 0.15) is 19.3 Å². The van der Waals surface area contributed by atoms with E-state index in [4.69, 9.17) is 9.47 Å². The molecule has 1 unspecified atom stereocenters. The molecule has 1 aromatic heterocycles. The molecule has 8 nitrogen and oxygen atoms in total. The van der Waals surface area contributed by atoms with Gasteiger partial charge in [-0.3, -0.25) is 4.79 Å². The van der Waals surface area contributed by atoms with E-state index in [0.717, 1.165) is 30.4 Å². The molecular weight excluding hydrogens is 372 g/mol. The van der Waals surface area contributed by atoms with E-state index in [1.807, 2.05) is 37.3 Å². The molecule has 2 amide bonds. The van der Waals surface area contributed by atoms with Gasteiger partial charge in [0.05, 0.1) is 6.54 Å². The van der Waals surface area contributed by atoms with Crippen molar-refractivity contribution >= 4 is 12.0 Å². The number of aryl methyl sites for hydroxylation is 1. The highest BCUT2D eigenvalue weighted by Crippen LogP contribution is 2.15. The lowest BCUT2D eigenvalue weighted by molar-refractivity contribution is -0.132. The van der Waals surface area contributed by atoms with Gasteiger partial charge in [0, 0.05) is 18.9 Å². The minimum atomic E-state index is -0.614. The van der Waals surface area contributed by atoms with Crippen LogP contribution in [0, 0.1) is 0 Å². The first kappa shape index (κ1) is 20.6. The summed E-state index contributed by atoms with van der Waals surface area (Å²) in [5.74, 6) is -0.169. The van der Waals surface area contributed by atoms with Crippen molar-refractivity contribution in [2.24, 2.45) is 0 Å². The number of rotatable bonds is 7. The van der Waals surface area contributed by atoms with E-state index < -0.39 is 6.09 Å². The number of carbonyl (C=O) groups excluding carboxylic acids is 2. The molecule has 0 bridgehead atoms. The van der Waals surface area contributed by atoms with Crippen molar-refractivity contribution in [3.63, 3.8) is 0 Å². The lowest BCUT2D eigenvalue weighted by atomic mass is 10.1. The number of carbonyl (C=O) groups is 2. The Kier molecular flexibility index (Phi) is 7.38. The van der Waals surface area contributed by atoms with Gasteiger partial charge in [-0.05, 0) is 30.4 Å². The number of likely N-dealkylation sites (tertiary alicyclic amines) is 1. The summed E-state index contributed by atoms with van der Waals surface area (Å²) in [6.07, 6.45) is 5.24. The number of alkyl carbamates (subject to hydrolysis) is 1. The fourth-order valence-corrected chi connectivity index (χ4v) is 3.03. The van der Waals surface area contributed by atoms with E-state index in [1.165, 1.54) is 0 Å². The van der Waals surface area contributed by atoms with Gasteiger partial charge in [0.15, 0.2) is 0 Å². The van der Waals surface area contributed by atoms with Crippen molar-refractivity contribution in [2.75, 3.05) is 19.6 Å². The minimum Gasteiger partial charge on any atom is -0.458 e. The van der Waals surface area contributed by atoms with Crippen LogP contribution in [0.5, 0.6) is 6.01 Å². The van der Waals surface area contributed by atoms with Crippen LogP contribution in [0.2, 0.25) is 0 Å². The van der Waals surface area contributed by atoms with Crippen LogP contribution in [0.3, 0.4) is 0 Å². The lowest BCUT2D eigenvalue weighted by Gasteiger charge is -2.32. The molecule has 1 fully saturated rings. The average Bonchev–Trinajstić information content (AvgIpc) is 2.77. The van der Waals surface area contributed by atoms with Crippen LogP contribution < -0.4 is 10.1 Å². The molecular formula is C21H26N4O4. The smallest absolute Gasteiger partial charge is 0.407 e. The van der Waals surface area contributed by atoms with Crippen LogP contribution in [0.4, 0.5) is 4.79 Å². The van der Waals surface area contributed by atoms with E-state index in [0.29, 0.717) is 19.1 Å². The summed E-state index contributed by atoms with van der Waals surface area (Å²) in [7, 11) is 0. The van der Waals surface area contributed by atoms with Gasteiger partial charge >= 0.3 is 12.1 Å². The van der Waals surface area contributed by atoms with E-state index in [1.54, 1.807) is 17.3 Å². The highest BCUT2D eigenvalue weighted by atomic mass is 16.5. The third-order valence-corrected chi connectivity index (χ3v) is 4.69. The quantitative estimate of drug-likeness (QED) is 0.769. The van der Waals surface area contributed by atoms with Crippen LogP contribution in [0.25, 0.3) is 0 Å². The number of nitrogens with zero attached hydrogens (tertiary/aromatic N) is 3. The number of piperidine rings is 1. The zero-order valence-corrected chi connectivity index (χ0v) is 16.5. The van der Waals surface area contributed by atoms with Crippen molar-refractivity contribution in [3.05, 3.63) is 53.9 Å². The predicted octanol–water partition coefficient (Wildman–Crippen LogP) is 2.34. The molecule has 1 atom stereocenters. The molecule has 0 radical (unpaired) electrons. The molecule has 1 saturated heterocycles. The normalized spacial score (nSPS) is 16.2. The molecule has 0 saturated carbocycles. The van der Waals surface area contributed by atoms with Crippen LogP contribution in [-0.4, -0.2) is 52.6 Å². The molecule has 1 N–H and O–H groups in total. The molecule has 2 aromatic rings. The van der Waals surface area contributed by atoms with Gasteiger partial charge in [-0.1, -0.05) is 37.3 Å². The Hall–Kier alpha value is -3.16. The summed E-state index contributed by atoms with van der Waals surface area (Å²) < 4.78 is 10.9. The molecule has 29 heavy (non-hydrogen) atoms. The Morgan fingerprint density at radius 3 is 2.66 bits per heavy atom. The molecule has 3 rings (SSSR count). The molecule has 2 heterocycles. The number of hydrogen-bond acceptors (Lipinski definition) is 6. The second-order valence-electron chi connectivity index (χ2n) is 6.86. The van der Waals surface area contributed by atoms with Gasteiger partial charge in [-0.15, -0.1) is 0 Å². The molecule has 1 aromatic carbocycles. The minimum absolute atomic E-state index is 0.109. The SMILES string of the molecule is CCc1cnc(OC2CCCN(C(=O)CNC(=O)OCc3ccccc3)C2)nc1. The molecule has 0 aliphatic carbocycles. The molecule has 8 heteroatoms. The van der Waals surface area contributed by atoms with Crippen molar-refractivity contribution in [2.45, 2.75) is 38.9 Å². The molecule has 1 aliphatic rings.